The van der Waals surface area contributed by atoms with Gasteiger partial charge in [0.1, 0.15) is 0 Å². The second kappa shape index (κ2) is 1.67. The van der Waals surface area contributed by atoms with Crippen LogP contribution in [0.2, 0.25) is 0 Å². The maximum Gasteiger partial charge on any atom is 0.264 e. The summed E-state index contributed by atoms with van der Waals surface area (Å²) >= 11 is 0. The molecular weight excluding hydrogens is 123 g/mol. The van der Waals surface area contributed by atoms with E-state index in [2.05, 4.69) is 9.78 Å². The number of halogens is 1. The zero-order valence-electron chi connectivity index (χ0n) is 5.10. The van der Waals surface area contributed by atoms with Crippen molar-refractivity contribution >= 4 is 0 Å². The first-order valence-electron chi connectivity index (χ1n) is 3.34. The van der Waals surface area contributed by atoms with E-state index < -0.39 is 12.0 Å². The molecule has 2 nitrogen and oxygen atoms in total. The lowest BCUT2D eigenvalue weighted by Crippen LogP contribution is -2.28. The fourth-order valence-electron chi connectivity index (χ4n) is 1.31. The van der Waals surface area contributed by atoms with Crippen LogP contribution in [0.1, 0.15) is 25.7 Å². The highest BCUT2D eigenvalue weighted by Crippen LogP contribution is 2.44. The highest BCUT2D eigenvalue weighted by Gasteiger charge is 2.57. The fraction of sp³-hybridized carbons (Fsp3) is 1.00. The van der Waals surface area contributed by atoms with E-state index in [1.54, 1.807) is 0 Å². The molecule has 1 aliphatic heterocycles. The normalized spacial score (nSPS) is 39.0. The summed E-state index contributed by atoms with van der Waals surface area (Å²) in [6, 6.07) is 0. The number of hydrogen-bond donors (Lipinski definition) is 0. The summed E-state index contributed by atoms with van der Waals surface area (Å²) in [5.41, 5.74) is 0. The van der Waals surface area contributed by atoms with Gasteiger partial charge in [-0.2, -0.15) is 9.78 Å². The molecule has 0 bridgehead atoms. The van der Waals surface area contributed by atoms with E-state index in [1.165, 1.54) is 0 Å². The molecule has 1 unspecified atom stereocenters. The van der Waals surface area contributed by atoms with Gasteiger partial charge in [0.2, 0.25) is 0 Å². The van der Waals surface area contributed by atoms with Gasteiger partial charge in [-0.1, -0.05) is 6.42 Å². The molecule has 2 rings (SSSR count). The summed E-state index contributed by atoms with van der Waals surface area (Å²) in [4.78, 5) is 9.15. The summed E-state index contributed by atoms with van der Waals surface area (Å²) in [6.45, 7) is 0. The third kappa shape index (κ3) is 0.756. The molecule has 3 heteroatoms. The van der Waals surface area contributed by atoms with Crippen LogP contribution >= 0.6 is 0 Å². The van der Waals surface area contributed by atoms with Crippen LogP contribution < -0.4 is 0 Å². The van der Waals surface area contributed by atoms with Crippen molar-refractivity contribution in [2.45, 2.75) is 37.6 Å². The van der Waals surface area contributed by atoms with E-state index in [9.17, 15) is 4.39 Å². The van der Waals surface area contributed by atoms with Gasteiger partial charge in [0, 0.05) is 6.42 Å². The third-order valence-corrected chi connectivity index (χ3v) is 2.01. The molecule has 52 valence electrons. The minimum Gasteiger partial charge on any atom is -0.241 e. The highest BCUT2D eigenvalue weighted by atomic mass is 19.1. The Kier molecular flexibility index (Phi) is 1.04. The van der Waals surface area contributed by atoms with Crippen molar-refractivity contribution in [3.05, 3.63) is 0 Å². The predicted molar refractivity (Wildman–Crippen MR) is 28.3 cm³/mol. The summed E-state index contributed by atoms with van der Waals surface area (Å²) < 4.78 is 12.8. The van der Waals surface area contributed by atoms with Crippen molar-refractivity contribution in [3.8, 4) is 0 Å². The minimum atomic E-state index is -0.883. The summed E-state index contributed by atoms with van der Waals surface area (Å²) in [5, 5.41) is 0. The van der Waals surface area contributed by atoms with Crippen LogP contribution in [0.25, 0.3) is 0 Å². The molecule has 0 N–H and O–H groups in total. The Morgan fingerprint density at radius 3 is 2.56 bits per heavy atom. The first-order chi connectivity index (χ1) is 4.33. The predicted octanol–water partition coefficient (Wildman–Crippen LogP) is 1.56. The lowest BCUT2D eigenvalue weighted by atomic mass is 9.94. The van der Waals surface area contributed by atoms with E-state index in [0.717, 1.165) is 19.3 Å². The maximum atomic E-state index is 12.8. The first-order valence-corrected chi connectivity index (χ1v) is 3.34. The maximum absolute atomic E-state index is 12.8. The number of alkyl halides is 1. The van der Waals surface area contributed by atoms with Gasteiger partial charge >= 0.3 is 0 Å². The smallest absolute Gasteiger partial charge is 0.241 e. The van der Waals surface area contributed by atoms with Gasteiger partial charge in [0.15, 0.2) is 6.17 Å². The summed E-state index contributed by atoms with van der Waals surface area (Å²) in [5.74, 6) is -0.780. The van der Waals surface area contributed by atoms with Crippen LogP contribution in [-0.2, 0) is 9.78 Å². The van der Waals surface area contributed by atoms with Gasteiger partial charge < -0.3 is 0 Å². The van der Waals surface area contributed by atoms with Gasteiger partial charge in [-0.05, 0) is 12.8 Å². The first kappa shape index (κ1) is 5.62. The molecule has 0 aromatic rings. The molecule has 1 heterocycles. The molecule has 2 aliphatic rings. The lowest BCUT2D eigenvalue weighted by Gasteiger charge is -2.17. The molecule has 1 saturated carbocycles. The Morgan fingerprint density at radius 1 is 1.33 bits per heavy atom. The molecule has 2 fully saturated rings. The van der Waals surface area contributed by atoms with Gasteiger partial charge in [0.25, 0.3) is 5.79 Å². The molecule has 9 heavy (non-hydrogen) atoms. The molecule has 0 aromatic carbocycles. The van der Waals surface area contributed by atoms with Crippen molar-refractivity contribution in [2.24, 2.45) is 0 Å². The van der Waals surface area contributed by atoms with Crippen molar-refractivity contribution in [2.75, 3.05) is 0 Å². The van der Waals surface area contributed by atoms with Crippen LogP contribution in [0, 0.1) is 0 Å². The second-order valence-electron chi connectivity index (χ2n) is 2.69. The van der Waals surface area contributed by atoms with Gasteiger partial charge in [-0.3, -0.25) is 0 Å². The largest absolute Gasteiger partial charge is 0.264 e. The van der Waals surface area contributed by atoms with E-state index >= 15 is 0 Å². The molecule has 1 saturated heterocycles. The van der Waals surface area contributed by atoms with E-state index in [1.807, 2.05) is 0 Å². The fourth-order valence-corrected chi connectivity index (χ4v) is 1.31. The number of hydrogen-bond acceptors (Lipinski definition) is 2. The van der Waals surface area contributed by atoms with Crippen LogP contribution in [-0.4, -0.2) is 12.0 Å². The Bertz CT molecular complexity index is 122. The standard InChI is InChI=1S/C6H9FO2/c7-5-3-1-2-4-6(5)8-9-6/h5H,1-4H2. The second-order valence-corrected chi connectivity index (χ2v) is 2.69. The number of rotatable bonds is 0. The van der Waals surface area contributed by atoms with E-state index in [4.69, 9.17) is 0 Å². The van der Waals surface area contributed by atoms with Crippen LogP contribution in [0.15, 0.2) is 0 Å². The van der Waals surface area contributed by atoms with Crippen molar-refractivity contribution < 1.29 is 14.2 Å². The van der Waals surface area contributed by atoms with Gasteiger partial charge in [-0.15, -0.1) is 0 Å². The Morgan fingerprint density at radius 2 is 2.11 bits per heavy atom. The molecule has 1 aliphatic carbocycles. The van der Waals surface area contributed by atoms with Gasteiger partial charge in [-0.25, -0.2) is 4.39 Å². The zero-order chi connectivity index (χ0) is 6.32. The average Bonchev–Trinajstić information content (AvgIpc) is 2.60. The van der Waals surface area contributed by atoms with Gasteiger partial charge in [0.05, 0.1) is 0 Å². The van der Waals surface area contributed by atoms with Crippen molar-refractivity contribution in [1.82, 2.24) is 0 Å². The molecule has 1 spiro atoms. The van der Waals surface area contributed by atoms with Crippen LogP contribution in [0.3, 0.4) is 0 Å². The molecular formula is C6H9FO2. The van der Waals surface area contributed by atoms with Crippen LogP contribution in [0.4, 0.5) is 4.39 Å². The molecule has 0 amide bonds. The summed E-state index contributed by atoms with van der Waals surface area (Å²) in [7, 11) is 0. The Labute approximate surface area is 52.9 Å². The zero-order valence-corrected chi connectivity index (χ0v) is 5.10. The quantitative estimate of drug-likeness (QED) is 0.369. The topological polar surface area (TPSA) is 25.1 Å². The van der Waals surface area contributed by atoms with Crippen molar-refractivity contribution in [1.29, 1.82) is 0 Å². The lowest BCUT2D eigenvalue weighted by molar-refractivity contribution is 0.0850. The Balaban J connectivity index is 2.03. The minimum absolute atomic E-state index is 0.597. The van der Waals surface area contributed by atoms with E-state index in [0.29, 0.717) is 6.42 Å². The van der Waals surface area contributed by atoms with Crippen molar-refractivity contribution in [3.63, 3.8) is 0 Å². The SMILES string of the molecule is FC1CCCCC12OO2. The molecule has 0 aromatic heterocycles. The monoisotopic (exact) mass is 132 g/mol. The highest BCUT2D eigenvalue weighted by molar-refractivity contribution is 4.87. The summed E-state index contributed by atoms with van der Waals surface area (Å²) in [6.07, 6.45) is 2.44. The molecule has 0 radical (unpaired) electrons. The average molecular weight is 132 g/mol. The van der Waals surface area contributed by atoms with Crippen LogP contribution in [0.5, 0.6) is 0 Å². The third-order valence-electron chi connectivity index (χ3n) is 2.01. The van der Waals surface area contributed by atoms with E-state index in [-0.39, 0.29) is 0 Å². The molecule has 1 atom stereocenters. The Hall–Kier alpha value is -0.150.